The fourth-order valence-electron chi connectivity index (χ4n) is 0.641. The molecule has 0 aromatic rings. The number of carbonyl (C=O) groups excluding carboxylic acids is 1. The lowest BCUT2D eigenvalue weighted by atomic mass is 10.2. The Morgan fingerprint density at radius 2 is 2.27 bits per heavy atom. The molecule has 0 N–H and O–H groups in total. The van der Waals surface area contributed by atoms with E-state index in [0.717, 1.165) is 6.42 Å². The van der Waals surface area contributed by atoms with Crippen LogP contribution in [0.15, 0.2) is 0 Å². The lowest BCUT2D eigenvalue weighted by molar-refractivity contribution is -0.142. The molecule has 0 rings (SSSR count). The van der Waals surface area contributed by atoms with Crippen LogP contribution in [0.3, 0.4) is 0 Å². The van der Waals surface area contributed by atoms with Crippen molar-refractivity contribution in [3.8, 4) is 0 Å². The van der Waals surface area contributed by atoms with Gasteiger partial charge in [0.2, 0.25) is 0 Å². The highest BCUT2D eigenvalue weighted by molar-refractivity contribution is 5.70. The summed E-state index contributed by atoms with van der Waals surface area (Å²) >= 11 is 0. The van der Waals surface area contributed by atoms with Crippen LogP contribution in [0, 0.1) is 6.42 Å². The van der Waals surface area contributed by atoms with Crippen LogP contribution < -0.4 is 0 Å². The second-order valence-electron chi connectivity index (χ2n) is 2.08. The van der Waals surface area contributed by atoms with Gasteiger partial charge in [0, 0.05) is 20.1 Å². The van der Waals surface area contributed by atoms with E-state index in [1.807, 2.05) is 6.42 Å². The van der Waals surface area contributed by atoms with E-state index in [4.69, 9.17) is 9.47 Å². The van der Waals surface area contributed by atoms with Crippen LogP contribution in [0.5, 0.6) is 0 Å². The highest BCUT2D eigenvalue weighted by Gasteiger charge is 1.99. The van der Waals surface area contributed by atoms with Gasteiger partial charge in [0.15, 0.2) is 0 Å². The Bertz CT molecular complexity index is 102. The number of rotatable bonds is 6. The Balaban J connectivity index is 3.04. The van der Waals surface area contributed by atoms with Gasteiger partial charge >= 0.3 is 5.97 Å². The molecule has 0 heterocycles. The third-order valence-electron chi connectivity index (χ3n) is 1.14. The van der Waals surface area contributed by atoms with E-state index in [1.165, 1.54) is 0 Å². The van der Waals surface area contributed by atoms with Crippen LogP contribution in [0.25, 0.3) is 0 Å². The molecule has 0 saturated heterocycles. The van der Waals surface area contributed by atoms with E-state index >= 15 is 0 Å². The van der Waals surface area contributed by atoms with E-state index in [0.29, 0.717) is 19.6 Å². The number of hydrogen-bond donors (Lipinski definition) is 0. The van der Waals surface area contributed by atoms with E-state index in [1.54, 1.807) is 14.0 Å². The van der Waals surface area contributed by atoms with Crippen molar-refractivity contribution < 1.29 is 14.3 Å². The maximum atomic E-state index is 10.7. The van der Waals surface area contributed by atoms with Gasteiger partial charge in [0.05, 0.1) is 6.61 Å². The number of carbonyl (C=O) groups is 1. The molecule has 11 heavy (non-hydrogen) atoms. The van der Waals surface area contributed by atoms with Crippen LogP contribution in [-0.2, 0) is 14.3 Å². The van der Waals surface area contributed by atoms with Crippen molar-refractivity contribution in [3.05, 3.63) is 6.42 Å². The molecule has 0 spiro atoms. The summed E-state index contributed by atoms with van der Waals surface area (Å²) in [4.78, 5) is 10.7. The van der Waals surface area contributed by atoms with Gasteiger partial charge in [-0.1, -0.05) is 0 Å². The van der Waals surface area contributed by atoms with Gasteiger partial charge in [-0.2, -0.15) is 0 Å². The molecule has 1 radical (unpaired) electrons. The second kappa shape index (κ2) is 7.54. The lowest BCUT2D eigenvalue weighted by Gasteiger charge is -2.00. The van der Waals surface area contributed by atoms with E-state index in [2.05, 4.69) is 0 Å². The van der Waals surface area contributed by atoms with E-state index < -0.39 is 0 Å². The zero-order chi connectivity index (χ0) is 8.53. The van der Waals surface area contributed by atoms with Gasteiger partial charge in [0.1, 0.15) is 0 Å². The summed E-state index contributed by atoms with van der Waals surface area (Å²) in [6, 6.07) is 0. The monoisotopic (exact) mass is 159 g/mol. The lowest BCUT2D eigenvalue weighted by Crippen LogP contribution is -2.04. The Hall–Kier alpha value is -0.570. The molecule has 0 fully saturated rings. The third-order valence-corrected chi connectivity index (χ3v) is 1.14. The predicted molar refractivity (Wildman–Crippen MR) is 42.0 cm³/mol. The molecule has 3 nitrogen and oxygen atoms in total. The summed E-state index contributed by atoms with van der Waals surface area (Å²) in [5, 5.41) is 0. The predicted octanol–water partition coefficient (Wildman–Crippen LogP) is 1.18. The van der Waals surface area contributed by atoms with Gasteiger partial charge in [-0.25, -0.2) is 0 Å². The normalized spacial score (nSPS) is 9.64. The maximum absolute atomic E-state index is 10.7. The number of methoxy groups -OCH3 is 1. The summed E-state index contributed by atoms with van der Waals surface area (Å²) in [5.74, 6) is -0.163. The summed E-state index contributed by atoms with van der Waals surface area (Å²) in [7, 11) is 1.64. The molecule has 0 amide bonds. The minimum atomic E-state index is -0.163. The number of hydrogen-bond acceptors (Lipinski definition) is 3. The fraction of sp³-hybridized carbons (Fsp3) is 0.750. The molecule has 0 saturated carbocycles. The summed E-state index contributed by atoms with van der Waals surface area (Å²) in [5.41, 5.74) is 0. The minimum absolute atomic E-state index is 0.163. The summed E-state index contributed by atoms with van der Waals surface area (Å²) < 4.78 is 9.51. The van der Waals surface area contributed by atoms with E-state index in [9.17, 15) is 4.79 Å². The molecule has 0 aromatic carbocycles. The Morgan fingerprint density at radius 1 is 1.55 bits per heavy atom. The first kappa shape index (κ1) is 10.4. The van der Waals surface area contributed by atoms with Crippen molar-refractivity contribution in [2.24, 2.45) is 0 Å². The molecule has 65 valence electrons. The fourth-order valence-corrected chi connectivity index (χ4v) is 0.641. The zero-order valence-corrected chi connectivity index (χ0v) is 7.13. The first-order chi connectivity index (χ1) is 5.31. The topological polar surface area (TPSA) is 35.5 Å². The van der Waals surface area contributed by atoms with Crippen LogP contribution in [0.2, 0.25) is 0 Å². The maximum Gasteiger partial charge on any atom is 0.306 e. The highest BCUT2D eigenvalue weighted by Crippen LogP contribution is 1.95. The zero-order valence-electron chi connectivity index (χ0n) is 7.13. The van der Waals surface area contributed by atoms with Gasteiger partial charge in [0.25, 0.3) is 0 Å². The quantitative estimate of drug-likeness (QED) is 0.431. The molecule has 0 atom stereocenters. The summed E-state index contributed by atoms with van der Waals surface area (Å²) in [6.45, 7) is 2.92. The third kappa shape index (κ3) is 7.33. The van der Waals surface area contributed by atoms with Gasteiger partial charge in [-0.05, 0) is 19.8 Å². The van der Waals surface area contributed by atoms with Crippen molar-refractivity contribution in [2.75, 3.05) is 20.3 Å². The van der Waals surface area contributed by atoms with E-state index in [-0.39, 0.29) is 5.97 Å². The molecule has 0 aliphatic carbocycles. The molecule has 3 heteroatoms. The van der Waals surface area contributed by atoms with Gasteiger partial charge < -0.3 is 9.47 Å². The average molecular weight is 159 g/mol. The largest absolute Gasteiger partial charge is 0.466 e. The molecule has 0 aliphatic rings. The highest BCUT2D eigenvalue weighted by atomic mass is 16.5. The van der Waals surface area contributed by atoms with Crippen LogP contribution in [0.4, 0.5) is 0 Å². The molecule has 0 bridgehead atoms. The average Bonchev–Trinajstić information content (AvgIpc) is 1.99. The molecule has 0 aromatic heterocycles. The van der Waals surface area contributed by atoms with Crippen LogP contribution in [-0.4, -0.2) is 26.3 Å². The number of unbranched alkanes of at least 4 members (excludes halogenated alkanes) is 1. The first-order valence-corrected chi connectivity index (χ1v) is 3.77. The second-order valence-corrected chi connectivity index (χ2v) is 2.08. The molecular formula is C8H15O3. The van der Waals surface area contributed by atoms with Crippen molar-refractivity contribution in [1.82, 2.24) is 0 Å². The smallest absolute Gasteiger partial charge is 0.306 e. The van der Waals surface area contributed by atoms with Crippen molar-refractivity contribution >= 4 is 5.97 Å². The van der Waals surface area contributed by atoms with Crippen molar-refractivity contribution in [3.63, 3.8) is 0 Å². The Kier molecular flexibility index (Phi) is 7.15. The molecule has 0 aliphatic heterocycles. The Labute approximate surface area is 67.7 Å². The SMILES string of the molecule is CCOC(=O)C[CH]CCOC. The van der Waals surface area contributed by atoms with Crippen molar-refractivity contribution in [1.29, 1.82) is 0 Å². The Morgan fingerprint density at radius 3 is 2.82 bits per heavy atom. The molecular weight excluding hydrogens is 144 g/mol. The van der Waals surface area contributed by atoms with Gasteiger partial charge in [-0.15, -0.1) is 0 Å². The van der Waals surface area contributed by atoms with Crippen molar-refractivity contribution in [2.45, 2.75) is 19.8 Å². The first-order valence-electron chi connectivity index (χ1n) is 3.77. The minimum Gasteiger partial charge on any atom is -0.466 e. The molecule has 0 unspecified atom stereocenters. The summed E-state index contributed by atoms with van der Waals surface area (Å²) in [6.07, 6.45) is 3.05. The standard InChI is InChI=1S/C8H15O3/c1-3-11-8(9)6-4-5-7-10-2/h4H,3,5-7H2,1-2H3. The van der Waals surface area contributed by atoms with Crippen LogP contribution >= 0.6 is 0 Å². The number of esters is 1. The van der Waals surface area contributed by atoms with Crippen LogP contribution in [0.1, 0.15) is 19.8 Å². The number of ether oxygens (including phenoxy) is 2. The van der Waals surface area contributed by atoms with Gasteiger partial charge in [-0.3, -0.25) is 4.79 Å².